The van der Waals surface area contributed by atoms with Crippen LogP contribution in [-0.4, -0.2) is 45.8 Å². The molecule has 1 fully saturated rings. The van der Waals surface area contributed by atoms with Crippen LogP contribution >= 0.6 is 0 Å². The van der Waals surface area contributed by atoms with E-state index in [0.29, 0.717) is 28.6 Å². The molecule has 6 nitrogen and oxygen atoms in total. The third kappa shape index (κ3) is 3.79. The zero-order valence-corrected chi connectivity index (χ0v) is 17.1. The minimum atomic E-state index is -0.330. The second-order valence-electron chi connectivity index (χ2n) is 7.80. The summed E-state index contributed by atoms with van der Waals surface area (Å²) in [5, 5.41) is 3.52. The average molecular weight is 408 g/mol. The first-order valence-corrected chi connectivity index (χ1v) is 10.3. The Balaban J connectivity index is 1.46. The zero-order valence-electron chi connectivity index (χ0n) is 17.1. The normalized spacial score (nSPS) is 18.5. The number of benzene rings is 1. The van der Waals surface area contributed by atoms with E-state index in [2.05, 4.69) is 15.3 Å². The van der Waals surface area contributed by atoms with Gasteiger partial charge in [-0.3, -0.25) is 14.6 Å². The number of amides is 2. The standard InChI is InChI=1S/C23H25FN4O2/c1-3-21(29)27-15-5-6-16(12-15)28(2)23(30)14-4-8-20(26-13-14)17-7-9-19-18(22(17)24)10-11-25-19/h4,7-11,13,15-16,25H,3,5-6,12H2,1-2H3,(H,27,29)/t15-,16+/m0/s1. The van der Waals surface area contributed by atoms with Gasteiger partial charge in [0.15, 0.2) is 0 Å². The quantitative estimate of drug-likeness (QED) is 0.672. The Morgan fingerprint density at radius 3 is 2.80 bits per heavy atom. The lowest BCUT2D eigenvalue weighted by atomic mass is 10.1. The molecular weight excluding hydrogens is 383 g/mol. The third-order valence-electron chi connectivity index (χ3n) is 5.91. The largest absolute Gasteiger partial charge is 0.361 e. The molecule has 0 saturated heterocycles. The molecule has 0 radical (unpaired) electrons. The van der Waals surface area contributed by atoms with Crippen LogP contribution in [-0.2, 0) is 4.79 Å². The highest BCUT2D eigenvalue weighted by atomic mass is 19.1. The molecule has 2 amide bonds. The van der Waals surface area contributed by atoms with Crippen molar-refractivity contribution in [2.24, 2.45) is 0 Å². The number of hydrogen-bond acceptors (Lipinski definition) is 3. The van der Waals surface area contributed by atoms with Crippen LogP contribution in [0.15, 0.2) is 42.7 Å². The predicted octanol–water partition coefficient (Wildman–Crippen LogP) is 3.89. The van der Waals surface area contributed by atoms with Crippen molar-refractivity contribution in [3.05, 3.63) is 54.1 Å². The SMILES string of the molecule is CCC(=O)N[C@H]1CC[C@@H](N(C)C(=O)c2ccc(-c3ccc4[nH]ccc4c3F)nc2)C1. The van der Waals surface area contributed by atoms with E-state index in [1.54, 1.807) is 42.4 Å². The molecule has 2 atom stereocenters. The van der Waals surface area contributed by atoms with Gasteiger partial charge in [0.1, 0.15) is 5.82 Å². The molecule has 1 saturated carbocycles. The predicted molar refractivity (Wildman–Crippen MR) is 113 cm³/mol. The fourth-order valence-corrected chi connectivity index (χ4v) is 4.11. The summed E-state index contributed by atoms with van der Waals surface area (Å²) < 4.78 is 14.8. The molecule has 4 rings (SSSR count). The number of pyridine rings is 1. The Labute approximate surface area is 174 Å². The number of nitrogens with one attached hydrogen (secondary N) is 2. The van der Waals surface area contributed by atoms with Gasteiger partial charge < -0.3 is 15.2 Å². The van der Waals surface area contributed by atoms with E-state index in [9.17, 15) is 14.0 Å². The van der Waals surface area contributed by atoms with E-state index in [0.717, 1.165) is 24.8 Å². The van der Waals surface area contributed by atoms with E-state index < -0.39 is 0 Å². The Kier molecular flexibility index (Phi) is 5.53. The molecular formula is C23H25FN4O2. The number of aromatic amines is 1. The van der Waals surface area contributed by atoms with Crippen LogP contribution in [0.4, 0.5) is 4.39 Å². The Morgan fingerprint density at radius 1 is 1.23 bits per heavy atom. The Bertz CT molecular complexity index is 1080. The van der Waals surface area contributed by atoms with Crippen LogP contribution in [0.1, 0.15) is 43.0 Å². The van der Waals surface area contributed by atoms with E-state index in [4.69, 9.17) is 0 Å². The number of carbonyl (C=O) groups excluding carboxylic acids is 2. The van der Waals surface area contributed by atoms with E-state index >= 15 is 0 Å². The minimum absolute atomic E-state index is 0.0412. The van der Waals surface area contributed by atoms with E-state index in [1.165, 1.54) is 6.20 Å². The summed E-state index contributed by atoms with van der Waals surface area (Å²) in [6.07, 6.45) is 6.13. The maximum atomic E-state index is 14.8. The number of nitrogens with zero attached hydrogens (tertiary/aromatic N) is 2. The highest BCUT2D eigenvalue weighted by Crippen LogP contribution is 2.28. The van der Waals surface area contributed by atoms with Crippen LogP contribution < -0.4 is 5.32 Å². The maximum absolute atomic E-state index is 14.8. The molecule has 1 aliphatic rings. The number of aromatic nitrogens is 2. The van der Waals surface area contributed by atoms with Crippen molar-refractivity contribution in [3.8, 4) is 11.3 Å². The summed E-state index contributed by atoms with van der Waals surface area (Å²) in [4.78, 5) is 33.5. The molecule has 7 heteroatoms. The first-order valence-electron chi connectivity index (χ1n) is 10.3. The first-order chi connectivity index (χ1) is 14.5. The lowest BCUT2D eigenvalue weighted by Crippen LogP contribution is -2.38. The van der Waals surface area contributed by atoms with Gasteiger partial charge in [-0.05, 0) is 49.6 Å². The summed E-state index contributed by atoms with van der Waals surface area (Å²) in [5.74, 6) is -0.411. The third-order valence-corrected chi connectivity index (χ3v) is 5.91. The molecule has 0 bridgehead atoms. The Morgan fingerprint density at radius 2 is 2.07 bits per heavy atom. The van der Waals surface area contributed by atoms with Gasteiger partial charge in [-0.1, -0.05) is 6.92 Å². The lowest BCUT2D eigenvalue weighted by molar-refractivity contribution is -0.121. The summed E-state index contributed by atoms with van der Waals surface area (Å²) in [7, 11) is 1.78. The van der Waals surface area contributed by atoms with Gasteiger partial charge in [-0.2, -0.15) is 0 Å². The smallest absolute Gasteiger partial charge is 0.255 e. The number of carbonyl (C=O) groups is 2. The molecule has 2 N–H and O–H groups in total. The molecule has 1 aliphatic carbocycles. The summed E-state index contributed by atoms with van der Waals surface area (Å²) in [5.41, 5.74) is 2.08. The van der Waals surface area contributed by atoms with Crippen LogP contribution in [0.5, 0.6) is 0 Å². The van der Waals surface area contributed by atoms with Gasteiger partial charge in [0.2, 0.25) is 5.91 Å². The van der Waals surface area contributed by atoms with Crippen molar-refractivity contribution < 1.29 is 14.0 Å². The van der Waals surface area contributed by atoms with Crippen molar-refractivity contribution in [2.45, 2.75) is 44.7 Å². The molecule has 2 aromatic heterocycles. The summed E-state index contributed by atoms with van der Waals surface area (Å²) >= 11 is 0. The fourth-order valence-electron chi connectivity index (χ4n) is 4.11. The van der Waals surface area contributed by atoms with Crippen LogP contribution in [0.2, 0.25) is 0 Å². The summed E-state index contributed by atoms with van der Waals surface area (Å²) in [6, 6.07) is 8.75. The lowest BCUT2D eigenvalue weighted by Gasteiger charge is -2.25. The number of rotatable bonds is 5. The van der Waals surface area contributed by atoms with Crippen LogP contribution in [0, 0.1) is 5.82 Å². The molecule has 0 unspecified atom stereocenters. The Hall–Kier alpha value is -3.22. The zero-order chi connectivity index (χ0) is 21.3. The molecule has 0 aliphatic heterocycles. The highest BCUT2D eigenvalue weighted by molar-refractivity contribution is 5.94. The van der Waals surface area contributed by atoms with Crippen molar-refractivity contribution in [3.63, 3.8) is 0 Å². The van der Waals surface area contributed by atoms with Crippen molar-refractivity contribution in [2.75, 3.05) is 7.05 Å². The van der Waals surface area contributed by atoms with Crippen molar-refractivity contribution in [1.82, 2.24) is 20.2 Å². The van der Waals surface area contributed by atoms with Gasteiger partial charge in [0.25, 0.3) is 5.91 Å². The van der Waals surface area contributed by atoms with Crippen LogP contribution in [0.25, 0.3) is 22.2 Å². The minimum Gasteiger partial charge on any atom is -0.361 e. The average Bonchev–Trinajstić information content (AvgIpc) is 3.43. The second-order valence-corrected chi connectivity index (χ2v) is 7.80. The molecule has 156 valence electrons. The van der Waals surface area contributed by atoms with Gasteiger partial charge in [0.05, 0.1) is 11.3 Å². The number of hydrogen-bond donors (Lipinski definition) is 2. The van der Waals surface area contributed by atoms with Gasteiger partial charge >= 0.3 is 0 Å². The van der Waals surface area contributed by atoms with Crippen molar-refractivity contribution >= 4 is 22.7 Å². The maximum Gasteiger partial charge on any atom is 0.255 e. The summed E-state index contributed by atoms with van der Waals surface area (Å²) in [6.45, 7) is 1.83. The monoisotopic (exact) mass is 408 g/mol. The molecule has 2 heterocycles. The highest BCUT2D eigenvalue weighted by Gasteiger charge is 2.31. The van der Waals surface area contributed by atoms with Gasteiger partial charge in [0, 0.05) is 54.4 Å². The van der Waals surface area contributed by atoms with Crippen LogP contribution in [0.3, 0.4) is 0 Å². The topological polar surface area (TPSA) is 78.1 Å². The number of H-pyrrole nitrogens is 1. The second kappa shape index (κ2) is 8.26. The first kappa shape index (κ1) is 20.1. The van der Waals surface area contributed by atoms with Gasteiger partial charge in [-0.15, -0.1) is 0 Å². The molecule has 1 aromatic carbocycles. The van der Waals surface area contributed by atoms with E-state index in [-0.39, 0.29) is 29.7 Å². The van der Waals surface area contributed by atoms with Crippen molar-refractivity contribution in [1.29, 1.82) is 0 Å². The molecule has 30 heavy (non-hydrogen) atoms. The molecule has 3 aromatic rings. The van der Waals surface area contributed by atoms with E-state index in [1.807, 2.05) is 13.0 Å². The number of fused-ring (bicyclic) bond motifs is 1. The fraction of sp³-hybridized carbons (Fsp3) is 0.348. The number of halogens is 1. The molecule has 0 spiro atoms. The van der Waals surface area contributed by atoms with Gasteiger partial charge in [-0.25, -0.2) is 4.39 Å².